The number of hydrogen-bond acceptors (Lipinski definition) is 5. The summed E-state index contributed by atoms with van der Waals surface area (Å²) >= 11 is 0. The Hall–Kier alpha value is -3.32. The second kappa shape index (κ2) is 9.44. The van der Waals surface area contributed by atoms with Crippen LogP contribution in [0, 0.1) is 0 Å². The van der Waals surface area contributed by atoms with E-state index in [1.807, 2.05) is 54.6 Å². The molecule has 0 spiro atoms. The van der Waals surface area contributed by atoms with Gasteiger partial charge in [-0.1, -0.05) is 30.3 Å². The molecule has 2 heterocycles. The number of methoxy groups -OCH3 is 1. The Bertz CT molecular complexity index is 1040. The number of hydroxylamine groups is 2. The second-order valence-electron chi connectivity index (χ2n) is 8.31. The maximum Gasteiger partial charge on any atom is 0.343 e. The number of nitrogens with zero attached hydrogens (tertiary/aromatic N) is 3. The molecule has 7 nitrogen and oxygen atoms in total. The molecule has 4 rings (SSSR count). The first-order chi connectivity index (χ1) is 15.5. The van der Waals surface area contributed by atoms with Crippen molar-refractivity contribution in [2.45, 2.75) is 38.6 Å². The summed E-state index contributed by atoms with van der Waals surface area (Å²) in [5.74, 6) is 2.33. The van der Waals surface area contributed by atoms with Crippen molar-refractivity contribution in [3.63, 3.8) is 0 Å². The molecule has 32 heavy (non-hydrogen) atoms. The van der Waals surface area contributed by atoms with Crippen LogP contribution in [0.1, 0.15) is 38.5 Å². The minimum absolute atomic E-state index is 0.111. The number of oxazole rings is 1. The summed E-state index contributed by atoms with van der Waals surface area (Å²) in [4.78, 5) is 19.0. The fourth-order valence-corrected chi connectivity index (χ4v) is 3.92. The van der Waals surface area contributed by atoms with E-state index in [-0.39, 0.29) is 18.0 Å². The molecule has 1 fully saturated rings. The lowest BCUT2D eigenvalue weighted by molar-refractivity contribution is -0.0815. The molecular weight excluding hydrogens is 406 g/mol. The average Bonchev–Trinajstić information content (AvgIpc) is 3.29. The highest BCUT2D eigenvalue weighted by Gasteiger charge is 2.31. The zero-order chi connectivity index (χ0) is 22.7. The van der Waals surface area contributed by atoms with Gasteiger partial charge in [-0.2, -0.15) is 0 Å². The van der Waals surface area contributed by atoms with Crippen LogP contribution in [-0.4, -0.2) is 52.4 Å². The van der Waals surface area contributed by atoms with E-state index in [1.54, 1.807) is 25.9 Å². The summed E-state index contributed by atoms with van der Waals surface area (Å²) < 4.78 is 11.6. The number of amides is 2. The number of benzene rings is 2. The molecule has 168 valence electrons. The number of urea groups is 1. The van der Waals surface area contributed by atoms with E-state index < -0.39 is 0 Å². The van der Waals surface area contributed by atoms with Crippen molar-refractivity contribution in [2.24, 2.45) is 0 Å². The number of likely N-dealkylation sites (tertiary alicyclic amines) is 1. The number of carbonyl (C=O) groups excluding carboxylic acids is 1. The van der Waals surface area contributed by atoms with Crippen LogP contribution in [0.3, 0.4) is 0 Å². The van der Waals surface area contributed by atoms with E-state index in [2.05, 4.69) is 0 Å². The van der Waals surface area contributed by atoms with Gasteiger partial charge in [0, 0.05) is 30.1 Å². The number of aromatic nitrogens is 1. The number of carbonyl (C=O) groups is 1. The number of ether oxygens (including phenoxy) is 1. The van der Waals surface area contributed by atoms with Crippen molar-refractivity contribution in [1.29, 1.82) is 0 Å². The first-order valence-corrected chi connectivity index (χ1v) is 11.0. The van der Waals surface area contributed by atoms with Crippen molar-refractivity contribution in [2.75, 3.05) is 20.2 Å². The predicted octanol–water partition coefficient (Wildman–Crippen LogP) is 5.42. The molecule has 2 aromatic carbocycles. The van der Waals surface area contributed by atoms with Gasteiger partial charge in [0.15, 0.2) is 11.7 Å². The van der Waals surface area contributed by atoms with Crippen molar-refractivity contribution in [1.82, 2.24) is 14.9 Å². The second-order valence-corrected chi connectivity index (χ2v) is 8.31. The molecule has 7 heteroatoms. The first kappa shape index (κ1) is 21.9. The topological polar surface area (TPSA) is 79.0 Å². The molecule has 1 aromatic heterocycles. The zero-order valence-electron chi connectivity index (χ0n) is 18.7. The van der Waals surface area contributed by atoms with Gasteiger partial charge in [0.05, 0.1) is 13.2 Å². The molecule has 0 unspecified atom stereocenters. The summed E-state index contributed by atoms with van der Waals surface area (Å²) in [5.41, 5.74) is 2.73. The van der Waals surface area contributed by atoms with Gasteiger partial charge in [0.2, 0.25) is 0 Å². The lowest BCUT2D eigenvalue weighted by Gasteiger charge is -2.33. The van der Waals surface area contributed by atoms with E-state index in [0.29, 0.717) is 19.0 Å². The Labute approximate surface area is 188 Å². The minimum atomic E-state index is -0.352. The van der Waals surface area contributed by atoms with E-state index in [9.17, 15) is 10.0 Å². The molecule has 0 aliphatic carbocycles. The van der Waals surface area contributed by atoms with Crippen LogP contribution in [0.15, 0.2) is 59.0 Å². The zero-order valence-corrected chi connectivity index (χ0v) is 18.7. The van der Waals surface area contributed by atoms with Crippen molar-refractivity contribution in [3.05, 3.63) is 60.5 Å². The predicted molar refractivity (Wildman–Crippen MR) is 122 cm³/mol. The highest BCUT2D eigenvalue weighted by atomic mass is 16.5. The fourth-order valence-electron chi connectivity index (χ4n) is 3.92. The summed E-state index contributed by atoms with van der Waals surface area (Å²) in [5, 5.41) is 10.8. The largest absolute Gasteiger partial charge is 0.497 e. The Morgan fingerprint density at radius 2 is 1.75 bits per heavy atom. The lowest BCUT2D eigenvalue weighted by atomic mass is 9.97. The Balaban J connectivity index is 1.59. The molecule has 1 aliphatic heterocycles. The quantitative estimate of drug-likeness (QED) is 0.428. The summed E-state index contributed by atoms with van der Waals surface area (Å²) in [6.45, 7) is 4.66. The van der Waals surface area contributed by atoms with E-state index in [1.165, 1.54) is 0 Å². The van der Waals surface area contributed by atoms with E-state index in [0.717, 1.165) is 46.2 Å². The normalized spacial score (nSPS) is 14.6. The monoisotopic (exact) mass is 435 g/mol. The third-order valence-corrected chi connectivity index (χ3v) is 5.84. The van der Waals surface area contributed by atoms with Gasteiger partial charge >= 0.3 is 6.03 Å². The van der Waals surface area contributed by atoms with Gasteiger partial charge in [-0.25, -0.2) is 14.8 Å². The van der Waals surface area contributed by atoms with Gasteiger partial charge in [-0.05, 0) is 51.0 Å². The smallest absolute Gasteiger partial charge is 0.343 e. The Morgan fingerprint density at radius 1 is 1.09 bits per heavy atom. The van der Waals surface area contributed by atoms with Crippen LogP contribution in [0.2, 0.25) is 0 Å². The van der Waals surface area contributed by atoms with Gasteiger partial charge < -0.3 is 14.1 Å². The number of piperidine rings is 1. The molecule has 1 aliphatic rings. The summed E-state index contributed by atoms with van der Waals surface area (Å²) in [7, 11) is 1.65. The van der Waals surface area contributed by atoms with Crippen LogP contribution < -0.4 is 4.74 Å². The van der Waals surface area contributed by atoms with Gasteiger partial charge in [-0.3, -0.25) is 5.21 Å². The maximum absolute atomic E-state index is 12.4. The highest BCUT2D eigenvalue weighted by molar-refractivity contribution is 5.77. The van der Waals surface area contributed by atoms with Gasteiger partial charge in [0.25, 0.3) is 0 Å². The van der Waals surface area contributed by atoms with Gasteiger partial charge in [-0.15, -0.1) is 0 Å². The molecule has 2 amide bonds. The molecule has 0 atom stereocenters. The molecule has 1 N–H and O–H groups in total. The maximum atomic E-state index is 12.4. The van der Waals surface area contributed by atoms with Crippen LogP contribution in [0.5, 0.6) is 5.75 Å². The lowest BCUT2D eigenvalue weighted by Crippen LogP contribution is -2.47. The first-order valence-electron chi connectivity index (χ1n) is 11.0. The SMILES string of the molecule is COc1ccc(-c2nc(C3CCN(C(=O)N(O)C(C)C)CC3)oc2-c2ccccc2)cc1. The number of rotatable bonds is 5. The summed E-state index contributed by atoms with van der Waals surface area (Å²) in [6, 6.07) is 17.1. The van der Waals surface area contributed by atoms with E-state index in [4.69, 9.17) is 14.1 Å². The Morgan fingerprint density at radius 3 is 2.34 bits per heavy atom. The Kier molecular flexibility index (Phi) is 6.46. The van der Waals surface area contributed by atoms with Crippen LogP contribution in [0.25, 0.3) is 22.6 Å². The van der Waals surface area contributed by atoms with Crippen LogP contribution in [-0.2, 0) is 0 Å². The fraction of sp³-hybridized carbons (Fsp3) is 0.360. The molecule has 0 radical (unpaired) electrons. The average molecular weight is 436 g/mol. The molecule has 1 saturated heterocycles. The van der Waals surface area contributed by atoms with Gasteiger partial charge in [0.1, 0.15) is 11.4 Å². The third-order valence-electron chi connectivity index (χ3n) is 5.84. The molecule has 0 bridgehead atoms. The molecule has 3 aromatic rings. The van der Waals surface area contributed by atoms with Crippen LogP contribution >= 0.6 is 0 Å². The van der Waals surface area contributed by atoms with Crippen molar-refractivity contribution < 1.29 is 19.2 Å². The molecule has 0 saturated carbocycles. The molecular formula is C25H29N3O4. The minimum Gasteiger partial charge on any atom is -0.497 e. The summed E-state index contributed by atoms with van der Waals surface area (Å²) in [6.07, 6.45) is 1.46. The highest BCUT2D eigenvalue weighted by Crippen LogP contribution is 2.37. The van der Waals surface area contributed by atoms with Crippen molar-refractivity contribution in [3.8, 4) is 28.3 Å². The van der Waals surface area contributed by atoms with Crippen molar-refractivity contribution >= 4 is 6.03 Å². The van der Waals surface area contributed by atoms with Crippen LogP contribution in [0.4, 0.5) is 4.79 Å². The van der Waals surface area contributed by atoms with E-state index >= 15 is 0 Å². The number of hydrogen-bond donors (Lipinski definition) is 1. The standard InChI is InChI=1S/C25H29N3O4/c1-17(2)28(30)25(29)27-15-13-20(14-16-27)24-26-22(18-9-11-21(31-3)12-10-18)23(32-24)19-7-5-4-6-8-19/h4-12,17,20,30H,13-16H2,1-3H3. The third kappa shape index (κ3) is 4.48.